The van der Waals surface area contributed by atoms with Gasteiger partial charge in [0.05, 0.1) is 26.4 Å². The fourth-order valence-electron chi connectivity index (χ4n) is 9.22. The number of benzene rings is 4. The van der Waals surface area contributed by atoms with Crippen LogP contribution in [-0.2, 0) is 45.2 Å². The first-order valence-electron chi connectivity index (χ1n) is 35.4. The average molecular weight is 2010 g/mol. The highest BCUT2D eigenvalue weighted by atomic mass is 19.5. The summed E-state index contributed by atoms with van der Waals surface area (Å²) in [5.74, 6) is -147. The molecule has 0 N–H and O–H groups in total. The van der Waals surface area contributed by atoms with Gasteiger partial charge < -0.3 is 28.4 Å². The van der Waals surface area contributed by atoms with E-state index < -0.39 is 184 Å². The lowest BCUT2D eigenvalue weighted by atomic mass is 9.87. The monoisotopic (exact) mass is 2000 g/mol. The predicted molar refractivity (Wildman–Crippen MR) is 364 cm³/mol. The van der Waals surface area contributed by atoms with Gasteiger partial charge in [-0.3, -0.25) is 4.79 Å². The number of ether oxygens (including phenoxy) is 6. The van der Waals surface area contributed by atoms with Crippen LogP contribution in [0, 0.1) is 0 Å². The summed E-state index contributed by atoms with van der Waals surface area (Å²) < 4.78 is 628. The highest BCUT2D eigenvalue weighted by Crippen LogP contribution is 2.68. The number of unbranched alkanes of at least 4 members (excludes halogenated alkanes) is 6. The van der Waals surface area contributed by atoms with Crippen molar-refractivity contribution in [2.75, 3.05) is 33.0 Å². The van der Waals surface area contributed by atoms with Crippen LogP contribution in [0.25, 0.3) is 12.2 Å². The molecule has 0 fully saturated rings. The third kappa shape index (κ3) is 24.6. The molecule has 0 bridgehead atoms. The lowest BCUT2D eigenvalue weighted by Gasteiger charge is -2.42. The van der Waals surface area contributed by atoms with Crippen LogP contribution in [0.3, 0.4) is 0 Å². The molecule has 0 atom stereocenters. The lowest BCUT2D eigenvalue weighted by molar-refractivity contribution is -0.462. The van der Waals surface area contributed by atoms with Crippen molar-refractivity contribution >= 4 is 41.8 Å². The molecular weight excluding hydrogens is 1940 g/mol. The molecule has 4 rings (SSSR count). The van der Waals surface area contributed by atoms with Crippen LogP contribution in [0.5, 0.6) is 17.2 Å². The van der Waals surface area contributed by atoms with Crippen molar-refractivity contribution in [2.24, 2.45) is 0 Å². The highest BCUT2D eigenvalue weighted by Gasteiger charge is 2.97. The lowest BCUT2D eigenvalue weighted by Crippen LogP contribution is -2.74. The van der Waals surface area contributed by atoms with E-state index in [1.165, 1.54) is 49.4 Å². The number of alkyl halides is 45. The van der Waals surface area contributed by atoms with Gasteiger partial charge in [0, 0.05) is 39.5 Å². The Labute approximate surface area is 711 Å². The van der Waals surface area contributed by atoms with Crippen molar-refractivity contribution in [1.29, 1.82) is 0 Å². The van der Waals surface area contributed by atoms with Gasteiger partial charge in [0.1, 0.15) is 17.2 Å². The molecule has 56 heteroatoms. The van der Waals surface area contributed by atoms with E-state index in [2.05, 4.69) is 29.2 Å². The van der Waals surface area contributed by atoms with Gasteiger partial charge in [-0.2, -0.15) is 198 Å². The second-order valence-electron chi connectivity index (χ2n) is 27.4. The highest BCUT2D eigenvalue weighted by molar-refractivity contribution is 6.06. The number of hydrogen-bond donors (Lipinski definition) is 0. The van der Waals surface area contributed by atoms with Crippen LogP contribution in [0.15, 0.2) is 146 Å². The number of allylic oxidation sites excluding steroid dienone is 1. The minimum Gasteiger partial charge on any atom is -0.494 e. The largest absolute Gasteiger partial charge is 0.494 e. The third-order valence-corrected chi connectivity index (χ3v) is 17.1. The van der Waals surface area contributed by atoms with Crippen molar-refractivity contribution in [1.82, 2.24) is 0 Å². The first-order valence-corrected chi connectivity index (χ1v) is 35.4. The molecule has 0 aliphatic rings. The molecule has 11 nitrogen and oxygen atoms in total. The average Bonchev–Trinajstić information content (AvgIpc) is 0.693. The zero-order chi connectivity index (χ0) is 103. The summed E-state index contributed by atoms with van der Waals surface area (Å²) in [6.07, 6.45) is -14.2. The molecule has 0 amide bonds. The van der Waals surface area contributed by atoms with Crippen LogP contribution < -0.4 is 14.2 Å². The van der Waals surface area contributed by atoms with E-state index >= 15 is 0 Å². The number of carbonyl (C=O) groups is 5. The second kappa shape index (κ2) is 42.0. The molecule has 0 aliphatic carbocycles. The molecule has 0 spiro atoms. The number of ketones is 1. The van der Waals surface area contributed by atoms with Crippen LogP contribution in [0.1, 0.15) is 105 Å². The Morgan fingerprint density at radius 3 is 0.811 bits per heavy atom. The molecule has 0 unspecified atom stereocenters. The fraction of sp³-hybridized carbons (Fsp3) is 0.487. The molecule has 0 saturated carbocycles. The molecular formula is C76H61F45O11. The maximum Gasteiger partial charge on any atom is 0.460 e. The second-order valence-corrected chi connectivity index (χ2v) is 27.4. The molecule has 4 aromatic carbocycles. The Kier molecular flexibility index (Phi) is 37.4. The molecule has 0 heterocycles. The number of esters is 4. The molecule has 0 aromatic heterocycles. The van der Waals surface area contributed by atoms with Gasteiger partial charge in [-0.1, -0.05) is 74.3 Å². The van der Waals surface area contributed by atoms with Crippen LogP contribution >= 0.6 is 0 Å². The number of rotatable bonds is 44. The van der Waals surface area contributed by atoms with Crippen molar-refractivity contribution < 1.29 is 250 Å². The Balaban J connectivity index is 0.000000676. The van der Waals surface area contributed by atoms with Crippen LogP contribution in [0.4, 0.5) is 198 Å². The Hall–Kier alpha value is -10.4. The first kappa shape index (κ1) is 118. The van der Waals surface area contributed by atoms with Gasteiger partial charge >= 0.3 is 149 Å². The quantitative estimate of drug-likeness (QED) is 0.00795. The molecule has 0 aliphatic heterocycles. The van der Waals surface area contributed by atoms with Crippen molar-refractivity contribution in [3.8, 4) is 17.2 Å². The molecule has 0 saturated heterocycles. The zero-order valence-electron chi connectivity index (χ0n) is 65.9. The standard InChI is InChI=1S/C31H27F13O4.C27H25F15O5.C18H9F17O2/c1-19(2)25(46)48-18-6-4-3-5-17-47-23-14-7-20(8-15-23)9-16-24(45)21-10-12-22(13-11-21)26(32,33)27(34,35)28(36,37)29(38,39)30(40,41)31(42,43)44;1-16(2)20(44)46-14-6-4-3-5-13-45-18-10-7-17(8-11-18)9-12-19(43)47-15-21(28,29)22(30,31)23(32,33)24(34,35)25(36,37)26(38,39)27(40,41)42;1-7(2)10(36)37-9-5-3-8(4-6-9)11(19,20)12(21,22)13(23,24)14(25,26)15(27,28)16(29,30)17(31,32)18(33,34)35/h7-16H,1,3-6,17-18H2,2H3;7-12H,1,3-6,13-15H2,2H3;3-6H,1H2,2H3/b16-9+;12-9+;. The molecule has 132 heavy (non-hydrogen) atoms. The number of hydrogen-bond acceptors (Lipinski definition) is 11. The van der Waals surface area contributed by atoms with E-state index in [4.69, 9.17) is 18.9 Å². The first-order chi connectivity index (χ1) is 59.1. The summed E-state index contributed by atoms with van der Waals surface area (Å²) in [5.41, 5.74) is -4.28. The SMILES string of the molecule is C=C(C)C(=O)OCCCCCCOc1ccc(/C=C/C(=O)OCC(F)(F)C(F)(F)C(F)(F)C(F)(F)C(F)(F)C(F)(F)C(F)(F)F)cc1.C=C(C)C(=O)OCCCCCCOc1ccc(/C=C/C(=O)c2ccc(C(F)(F)C(F)(F)C(F)(F)C(F)(F)C(F)(F)C(F)(F)F)cc2)cc1.C=C(C)C(=O)Oc1ccc(C(F)(F)C(F)(F)C(F)(F)C(F)(F)C(F)(F)C(F)(F)C(F)(F)C(F)(F)F)cc1. The maximum absolute atomic E-state index is 14.4. The molecule has 746 valence electrons. The molecule has 4 aromatic rings. The number of carbonyl (C=O) groups excluding carboxylic acids is 5. The van der Waals surface area contributed by atoms with Crippen LogP contribution in [0.2, 0.25) is 0 Å². The molecule has 0 radical (unpaired) electrons. The van der Waals surface area contributed by atoms with Gasteiger partial charge in [0.25, 0.3) is 0 Å². The normalized spacial score (nSPS) is 14.0. The van der Waals surface area contributed by atoms with E-state index in [9.17, 15) is 222 Å². The van der Waals surface area contributed by atoms with Crippen LogP contribution in [-0.4, -0.2) is 176 Å². The Bertz CT molecular complexity index is 4640. The Morgan fingerprint density at radius 2 is 0.523 bits per heavy atom. The third-order valence-electron chi connectivity index (χ3n) is 17.1. The summed E-state index contributed by atoms with van der Waals surface area (Å²) in [4.78, 5) is 57.8. The number of halogens is 45. The van der Waals surface area contributed by atoms with Crippen molar-refractivity contribution in [3.63, 3.8) is 0 Å². The summed E-state index contributed by atoms with van der Waals surface area (Å²) in [7, 11) is 0. The van der Waals surface area contributed by atoms with Crippen molar-refractivity contribution in [3.05, 3.63) is 173 Å². The van der Waals surface area contributed by atoms with Gasteiger partial charge in [-0.15, -0.1) is 0 Å². The fourth-order valence-corrected chi connectivity index (χ4v) is 9.22. The van der Waals surface area contributed by atoms with E-state index in [1.807, 2.05) is 0 Å². The van der Waals surface area contributed by atoms with Gasteiger partial charge in [0.15, 0.2) is 12.4 Å². The van der Waals surface area contributed by atoms with E-state index in [0.717, 1.165) is 44.8 Å². The maximum atomic E-state index is 14.4. The summed E-state index contributed by atoms with van der Waals surface area (Å²) >= 11 is 0. The van der Waals surface area contributed by atoms with Gasteiger partial charge in [-0.05, 0) is 144 Å². The summed E-state index contributed by atoms with van der Waals surface area (Å²) in [6.45, 7) is 12.0. The summed E-state index contributed by atoms with van der Waals surface area (Å²) in [5, 5.41) is 0. The smallest absolute Gasteiger partial charge is 0.460 e. The Morgan fingerprint density at radius 1 is 0.273 bits per heavy atom. The van der Waals surface area contributed by atoms with Gasteiger partial charge in [-0.25, -0.2) is 19.2 Å². The predicted octanol–water partition coefficient (Wildman–Crippen LogP) is 26.1. The van der Waals surface area contributed by atoms with Gasteiger partial charge in [0.2, 0.25) is 0 Å². The minimum atomic E-state index is -8.69. The van der Waals surface area contributed by atoms with E-state index in [-0.39, 0.29) is 79.0 Å². The van der Waals surface area contributed by atoms with E-state index in [0.29, 0.717) is 67.1 Å². The minimum absolute atomic E-state index is 0.0737. The zero-order valence-corrected chi connectivity index (χ0v) is 65.9. The van der Waals surface area contributed by atoms with E-state index in [1.54, 1.807) is 19.1 Å². The van der Waals surface area contributed by atoms with Crippen molar-refractivity contribution in [2.45, 2.75) is 197 Å². The topological polar surface area (TPSA) is 141 Å². The summed E-state index contributed by atoms with van der Waals surface area (Å²) in [6, 6.07) is 11.8.